The van der Waals surface area contributed by atoms with Crippen molar-refractivity contribution in [2.24, 2.45) is 11.7 Å². The average molecular weight is 347 g/mol. The Bertz CT molecular complexity index is 794. The van der Waals surface area contributed by atoms with Gasteiger partial charge in [-0.3, -0.25) is 4.98 Å². The lowest BCUT2D eigenvalue weighted by molar-refractivity contribution is 0.238. The van der Waals surface area contributed by atoms with Crippen molar-refractivity contribution >= 4 is 20.8 Å². The van der Waals surface area contributed by atoms with Crippen LogP contribution in [0.25, 0.3) is 10.8 Å². The smallest absolute Gasteiger partial charge is 0.243 e. The molecule has 1 aromatic carbocycles. The molecule has 1 aliphatic rings. The first-order valence-corrected chi connectivity index (χ1v) is 10.1. The van der Waals surface area contributed by atoms with Crippen LogP contribution in [0.15, 0.2) is 41.6 Å². The van der Waals surface area contributed by atoms with Gasteiger partial charge < -0.3 is 5.73 Å². The van der Waals surface area contributed by atoms with Gasteiger partial charge in [0.25, 0.3) is 0 Å². The number of fused-ring (bicyclic) bond motifs is 1. The number of piperidine rings is 1. The molecule has 6 heteroatoms. The van der Waals surface area contributed by atoms with Crippen LogP contribution in [-0.2, 0) is 10.0 Å². The standard InChI is InChI=1S/C18H25N3O2S/c1-2-4-17(19)14-8-11-21(12-9-14)24(22,23)18-6-3-5-15-13-20-10-7-16(15)18/h3,5-7,10,13-14,17H,2,4,8-9,11-12,19H2,1H3/t17-/m0/s1. The van der Waals surface area contributed by atoms with E-state index in [9.17, 15) is 8.42 Å². The monoisotopic (exact) mass is 347 g/mol. The van der Waals surface area contributed by atoms with Gasteiger partial charge in [0, 0.05) is 42.3 Å². The lowest BCUT2D eigenvalue weighted by Crippen LogP contribution is -2.43. The molecular weight excluding hydrogens is 322 g/mol. The number of pyridine rings is 1. The third-order valence-electron chi connectivity index (χ3n) is 4.98. The maximum Gasteiger partial charge on any atom is 0.243 e. The van der Waals surface area contributed by atoms with Gasteiger partial charge in [-0.15, -0.1) is 0 Å². The van der Waals surface area contributed by atoms with Crippen LogP contribution in [0.1, 0.15) is 32.6 Å². The Balaban J connectivity index is 1.82. The third-order valence-corrected chi connectivity index (χ3v) is 6.94. The van der Waals surface area contributed by atoms with Crippen molar-refractivity contribution in [2.45, 2.75) is 43.5 Å². The summed E-state index contributed by atoms with van der Waals surface area (Å²) < 4.78 is 27.8. The Labute approximate surface area is 143 Å². The molecule has 0 radical (unpaired) electrons. The summed E-state index contributed by atoms with van der Waals surface area (Å²) in [7, 11) is -3.49. The summed E-state index contributed by atoms with van der Waals surface area (Å²) in [5.74, 6) is 0.424. The van der Waals surface area contributed by atoms with E-state index >= 15 is 0 Å². The predicted molar refractivity (Wildman–Crippen MR) is 96.1 cm³/mol. The highest BCUT2D eigenvalue weighted by Crippen LogP contribution is 2.29. The minimum Gasteiger partial charge on any atom is -0.327 e. The van der Waals surface area contributed by atoms with Gasteiger partial charge in [-0.2, -0.15) is 4.31 Å². The first-order valence-electron chi connectivity index (χ1n) is 8.62. The second-order valence-corrected chi connectivity index (χ2v) is 8.45. The van der Waals surface area contributed by atoms with E-state index in [4.69, 9.17) is 5.73 Å². The van der Waals surface area contributed by atoms with Crippen molar-refractivity contribution in [1.82, 2.24) is 9.29 Å². The van der Waals surface area contributed by atoms with Gasteiger partial charge in [0.15, 0.2) is 0 Å². The Kier molecular flexibility index (Phi) is 5.18. The minimum absolute atomic E-state index is 0.184. The van der Waals surface area contributed by atoms with Crippen molar-refractivity contribution in [2.75, 3.05) is 13.1 Å². The summed E-state index contributed by atoms with van der Waals surface area (Å²) in [4.78, 5) is 4.45. The molecule has 1 aromatic heterocycles. The second kappa shape index (κ2) is 7.17. The Morgan fingerprint density at radius 3 is 2.75 bits per heavy atom. The summed E-state index contributed by atoms with van der Waals surface area (Å²) >= 11 is 0. The van der Waals surface area contributed by atoms with E-state index < -0.39 is 10.0 Å². The highest BCUT2D eigenvalue weighted by Gasteiger charge is 2.32. The fourth-order valence-corrected chi connectivity index (χ4v) is 5.25. The first-order chi connectivity index (χ1) is 11.5. The molecule has 0 aliphatic carbocycles. The number of sulfonamides is 1. The fourth-order valence-electron chi connectivity index (χ4n) is 3.57. The van der Waals surface area contributed by atoms with E-state index in [-0.39, 0.29) is 6.04 Å². The number of hydrogen-bond acceptors (Lipinski definition) is 4. The summed E-state index contributed by atoms with van der Waals surface area (Å²) in [6, 6.07) is 7.31. The molecular formula is C18H25N3O2S. The van der Waals surface area contributed by atoms with Gasteiger partial charge in [-0.05, 0) is 37.3 Å². The van der Waals surface area contributed by atoms with Gasteiger partial charge in [-0.25, -0.2) is 8.42 Å². The van der Waals surface area contributed by atoms with E-state index in [2.05, 4.69) is 11.9 Å². The van der Waals surface area contributed by atoms with Gasteiger partial charge in [0.1, 0.15) is 0 Å². The normalized spacial score (nSPS) is 18.8. The van der Waals surface area contributed by atoms with Gasteiger partial charge in [0.2, 0.25) is 10.0 Å². The molecule has 2 N–H and O–H groups in total. The van der Waals surface area contributed by atoms with E-state index in [1.54, 1.807) is 34.9 Å². The summed E-state index contributed by atoms with van der Waals surface area (Å²) in [6.45, 7) is 3.23. The summed E-state index contributed by atoms with van der Waals surface area (Å²) in [5.41, 5.74) is 6.22. The van der Waals surface area contributed by atoms with Crippen LogP contribution < -0.4 is 5.73 Å². The minimum atomic E-state index is -3.49. The number of nitrogens with zero attached hydrogens (tertiary/aromatic N) is 2. The van der Waals surface area contributed by atoms with Crippen LogP contribution in [0.4, 0.5) is 0 Å². The summed E-state index contributed by atoms with van der Waals surface area (Å²) in [5, 5.41) is 1.58. The Morgan fingerprint density at radius 1 is 1.29 bits per heavy atom. The van der Waals surface area contributed by atoms with E-state index in [1.165, 1.54) is 0 Å². The molecule has 1 fully saturated rings. The van der Waals surface area contributed by atoms with Crippen LogP contribution in [0, 0.1) is 5.92 Å². The lowest BCUT2D eigenvalue weighted by Gasteiger charge is -2.34. The molecule has 3 rings (SSSR count). The number of benzene rings is 1. The first kappa shape index (κ1) is 17.3. The van der Waals surface area contributed by atoms with Gasteiger partial charge in [-0.1, -0.05) is 25.5 Å². The zero-order chi connectivity index (χ0) is 17.2. The zero-order valence-corrected chi connectivity index (χ0v) is 14.9. The van der Waals surface area contributed by atoms with Gasteiger partial charge >= 0.3 is 0 Å². The van der Waals surface area contributed by atoms with Crippen molar-refractivity contribution in [3.05, 3.63) is 36.7 Å². The van der Waals surface area contributed by atoms with Crippen LogP contribution in [0.3, 0.4) is 0 Å². The van der Waals surface area contributed by atoms with Crippen LogP contribution in [0.2, 0.25) is 0 Å². The molecule has 1 atom stereocenters. The van der Waals surface area contributed by atoms with Crippen molar-refractivity contribution in [3.63, 3.8) is 0 Å². The molecule has 1 aliphatic heterocycles. The molecule has 0 bridgehead atoms. The molecule has 5 nitrogen and oxygen atoms in total. The number of hydrogen-bond donors (Lipinski definition) is 1. The van der Waals surface area contributed by atoms with E-state index in [0.717, 1.165) is 36.5 Å². The van der Waals surface area contributed by atoms with Crippen LogP contribution >= 0.6 is 0 Å². The maximum atomic E-state index is 13.1. The molecule has 2 aromatic rings. The molecule has 24 heavy (non-hydrogen) atoms. The highest BCUT2D eigenvalue weighted by atomic mass is 32.2. The zero-order valence-electron chi connectivity index (χ0n) is 14.1. The predicted octanol–water partition coefficient (Wildman–Crippen LogP) is 2.76. The molecule has 2 heterocycles. The number of nitrogens with two attached hydrogens (primary N) is 1. The molecule has 1 saturated heterocycles. The van der Waals surface area contributed by atoms with E-state index in [0.29, 0.717) is 23.9 Å². The topological polar surface area (TPSA) is 76.3 Å². The maximum absolute atomic E-state index is 13.1. The second-order valence-electron chi connectivity index (χ2n) is 6.55. The van der Waals surface area contributed by atoms with E-state index in [1.807, 2.05) is 6.07 Å². The Hall–Kier alpha value is -1.50. The third kappa shape index (κ3) is 3.31. The highest BCUT2D eigenvalue weighted by molar-refractivity contribution is 7.89. The molecule has 0 saturated carbocycles. The molecule has 130 valence electrons. The van der Waals surface area contributed by atoms with Crippen molar-refractivity contribution in [1.29, 1.82) is 0 Å². The van der Waals surface area contributed by atoms with Crippen LogP contribution in [0.5, 0.6) is 0 Å². The SMILES string of the molecule is CCC[C@H](N)C1CCN(S(=O)(=O)c2cccc3cnccc23)CC1. The van der Waals surface area contributed by atoms with Crippen molar-refractivity contribution < 1.29 is 8.42 Å². The van der Waals surface area contributed by atoms with Crippen LogP contribution in [-0.4, -0.2) is 36.8 Å². The fraction of sp³-hybridized carbons (Fsp3) is 0.500. The quantitative estimate of drug-likeness (QED) is 0.902. The number of aromatic nitrogens is 1. The molecule has 0 amide bonds. The average Bonchev–Trinajstić information content (AvgIpc) is 2.61. The Morgan fingerprint density at radius 2 is 2.04 bits per heavy atom. The summed E-state index contributed by atoms with van der Waals surface area (Å²) in [6.07, 6.45) is 7.10. The largest absolute Gasteiger partial charge is 0.327 e. The van der Waals surface area contributed by atoms with Crippen molar-refractivity contribution in [3.8, 4) is 0 Å². The molecule has 0 spiro atoms. The lowest BCUT2D eigenvalue weighted by atomic mass is 9.88. The molecule has 0 unspecified atom stereocenters. The van der Waals surface area contributed by atoms with Gasteiger partial charge in [0.05, 0.1) is 4.90 Å². The number of rotatable bonds is 5.